The van der Waals surface area contributed by atoms with E-state index in [1.54, 1.807) is 25.1 Å². The Morgan fingerprint density at radius 2 is 2.08 bits per heavy atom. The van der Waals surface area contributed by atoms with Crippen molar-refractivity contribution in [3.05, 3.63) is 64.6 Å². The summed E-state index contributed by atoms with van der Waals surface area (Å²) in [5.41, 5.74) is 1.75. The number of hydrogen-bond donors (Lipinski definition) is 2. The molecule has 0 saturated heterocycles. The molecule has 7 heteroatoms. The van der Waals surface area contributed by atoms with Crippen molar-refractivity contribution >= 4 is 23.2 Å². The summed E-state index contributed by atoms with van der Waals surface area (Å²) >= 11 is 6.02. The largest absolute Gasteiger partial charge is 0.505 e. The lowest BCUT2D eigenvalue weighted by Crippen LogP contribution is -2.13. The van der Waals surface area contributed by atoms with Gasteiger partial charge >= 0.3 is 0 Å². The molecule has 24 heavy (non-hydrogen) atoms. The molecule has 1 amide bonds. The van der Waals surface area contributed by atoms with Crippen LogP contribution in [-0.4, -0.2) is 16.2 Å². The molecule has 0 bridgehead atoms. The molecule has 2 aromatic carbocycles. The Bertz CT molecular complexity index is 924. The minimum absolute atomic E-state index is 0.0493. The number of nitrogens with zero attached hydrogens (tertiary/aromatic N) is 1. The van der Waals surface area contributed by atoms with Crippen molar-refractivity contribution in [2.45, 2.75) is 6.92 Å². The van der Waals surface area contributed by atoms with Crippen molar-refractivity contribution in [1.82, 2.24) is 5.16 Å². The Morgan fingerprint density at radius 3 is 2.83 bits per heavy atom. The highest BCUT2D eigenvalue weighted by molar-refractivity contribution is 6.31. The highest BCUT2D eigenvalue weighted by Crippen LogP contribution is 2.27. The van der Waals surface area contributed by atoms with Gasteiger partial charge in [0.1, 0.15) is 0 Å². The third kappa shape index (κ3) is 3.09. The fourth-order valence-corrected chi connectivity index (χ4v) is 2.29. The van der Waals surface area contributed by atoms with Gasteiger partial charge in [0.05, 0.1) is 0 Å². The van der Waals surface area contributed by atoms with Crippen LogP contribution in [0.4, 0.5) is 10.1 Å². The van der Waals surface area contributed by atoms with E-state index in [4.69, 9.17) is 16.1 Å². The molecule has 0 radical (unpaired) electrons. The van der Waals surface area contributed by atoms with E-state index in [1.807, 2.05) is 0 Å². The predicted molar refractivity (Wildman–Crippen MR) is 87.7 cm³/mol. The van der Waals surface area contributed by atoms with Crippen LogP contribution in [-0.2, 0) is 0 Å². The number of carbonyl (C=O) groups excluding carboxylic acids is 1. The van der Waals surface area contributed by atoms with E-state index in [1.165, 1.54) is 18.2 Å². The fraction of sp³-hybridized carbons (Fsp3) is 0.0588. The maximum atomic E-state index is 13.1. The van der Waals surface area contributed by atoms with Crippen molar-refractivity contribution < 1.29 is 18.8 Å². The Labute approximate surface area is 141 Å². The zero-order chi connectivity index (χ0) is 17.3. The number of halogens is 2. The van der Waals surface area contributed by atoms with Crippen LogP contribution in [0.2, 0.25) is 5.02 Å². The first-order valence-corrected chi connectivity index (χ1v) is 7.35. The number of aromatic hydroxyl groups is 1. The molecular formula is C17H12ClFN2O3. The smallest absolute Gasteiger partial charge is 0.277 e. The number of hydrogen-bond acceptors (Lipinski definition) is 4. The maximum absolute atomic E-state index is 13.1. The first kappa shape index (κ1) is 16.0. The van der Waals surface area contributed by atoms with Crippen LogP contribution in [0.25, 0.3) is 11.3 Å². The number of aromatic nitrogens is 1. The van der Waals surface area contributed by atoms with Crippen LogP contribution >= 0.6 is 11.6 Å². The zero-order valence-electron chi connectivity index (χ0n) is 12.5. The average Bonchev–Trinajstić information content (AvgIpc) is 3.04. The molecule has 3 aromatic rings. The summed E-state index contributed by atoms with van der Waals surface area (Å²) in [6.07, 6.45) is 0. The van der Waals surface area contributed by atoms with Crippen molar-refractivity contribution in [3.63, 3.8) is 0 Å². The lowest BCUT2D eigenvalue weighted by molar-refractivity contribution is 0.101. The monoisotopic (exact) mass is 346 g/mol. The van der Waals surface area contributed by atoms with Gasteiger partial charge < -0.3 is 14.9 Å². The van der Waals surface area contributed by atoms with Gasteiger partial charge in [-0.05, 0) is 42.8 Å². The average molecular weight is 347 g/mol. The molecule has 5 nitrogen and oxygen atoms in total. The van der Waals surface area contributed by atoms with Crippen molar-refractivity contribution in [2.24, 2.45) is 0 Å². The second-order valence-corrected chi connectivity index (χ2v) is 5.52. The summed E-state index contributed by atoms with van der Waals surface area (Å²) in [6.45, 7) is 1.79. The lowest BCUT2D eigenvalue weighted by atomic mass is 10.1. The number of nitrogens with one attached hydrogen (secondary N) is 1. The van der Waals surface area contributed by atoms with Gasteiger partial charge in [-0.3, -0.25) is 4.79 Å². The third-order valence-electron chi connectivity index (χ3n) is 3.49. The predicted octanol–water partition coefficient (Wildman–Crippen LogP) is 4.40. The molecule has 0 spiro atoms. The summed E-state index contributed by atoms with van der Waals surface area (Å²) in [5.74, 6) is -1.49. The van der Waals surface area contributed by atoms with E-state index < -0.39 is 17.5 Å². The third-order valence-corrected chi connectivity index (χ3v) is 3.90. The molecule has 3 rings (SSSR count). The zero-order valence-corrected chi connectivity index (χ0v) is 13.3. The topological polar surface area (TPSA) is 75.4 Å². The number of benzene rings is 2. The van der Waals surface area contributed by atoms with Crippen LogP contribution in [0, 0.1) is 12.7 Å². The summed E-state index contributed by atoms with van der Waals surface area (Å²) in [5, 5.41) is 16.3. The standard InChI is InChI=1S/C17H12ClFN2O3/c1-9-11(18)3-2-4-13(9)20-17(23)14-8-16(24-21-14)10-5-6-12(19)15(22)7-10/h2-8,22H,1H3,(H,20,23). The number of carbonyl (C=O) groups is 1. The van der Waals surface area contributed by atoms with E-state index in [9.17, 15) is 14.3 Å². The Kier molecular flexibility index (Phi) is 4.22. The first-order chi connectivity index (χ1) is 11.5. The highest BCUT2D eigenvalue weighted by atomic mass is 35.5. The van der Waals surface area contributed by atoms with Gasteiger partial charge in [0.15, 0.2) is 23.0 Å². The van der Waals surface area contributed by atoms with Crippen molar-refractivity contribution in [2.75, 3.05) is 5.32 Å². The van der Waals surface area contributed by atoms with Crippen LogP contribution in [0.1, 0.15) is 16.1 Å². The van der Waals surface area contributed by atoms with Gasteiger partial charge in [-0.15, -0.1) is 0 Å². The van der Waals surface area contributed by atoms with Crippen LogP contribution in [0.5, 0.6) is 5.75 Å². The van der Waals surface area contributed by atoms with Gasteiger partial charge in [-0.1, -0.05) is 22.8 Å². The van der Waals surface area contributed by atoms with Crippen LogP contribution in [0.3, 0.4) is 0 Å². The molecule has 1 heterocycles. The second-order valence-electron chi connectivity index (χ2n) is 5.11. The summed E-state index contributed by atoms with van der Waals surface area (Å²) in [4.78, 5) is 12.3. The second kappa shape index (κ2) is 6.33. The van der Waals surface area contributed by atoms with E-state index in [-0.39, 0.29) is 11.5 Å². The number of rotatable bonds is 3. The summed E-state index contributed by atoms with van der Waals surface area (Å²) in [7, 11) is 0. The first-order valence-electron chi connectivity index (χ1n) is 6.98. The maximum Gasteiger partial charge on any atom is 0.277 e. The SMILES string of the molecule is Cc1c(Cl)cccc1NC(=O)c1cc(-c2ccc(F)c(O)c2)on1. The lowest BCUT2D eigenvalue weighted by Gasteiger charge is -2.07. The minimum Gasteiger partial charge on any atom is -0.505 e. The summed E-state index contributed by atoms with van der Waals surface area (Å²) in [6, 6.07) is 10.3. The normalized spacial score (nSPS) is 10.6. The molecule has 0 unspecified atom stereocenters. The van der Waals surface area contributed by atoms with Gasteiger partial charge in [-0.2, -0.15) is 0 Å². The molecule has 0 atom stereocenters. The highest BCUT2D eigenvalue weighted by Gasteiger charge is 2.16. The van der Waals surface area contributed by atoms with Gasteiger partial charge in [0.25, 0.3) is 5.91 Å². The van der Waals surface area contributed by atoms with E-state index in [0.29, 0.717) is 16.3 Å². The quantitative estimate of drug-likeness (QED) is 0.737. The molecule has 2 N–H and O–H groups in total. The molecule has 1 aromatic heterocycles. The Hall–Kier alpha value is -2.86. The minimum atomic E-state index is -0.743. The molecule has 0 aliphatic rings. The Morgan fingerprint density at radius 1 is 1.29 bits per heavy atom. The van der Waals surface area contributed by atoms with Crippen LogP contribution in [0.15, 0.2) is 47.0 Å². The molecule has 0 aliphatic carbocycles. The molecule has 122 valence electrons. The van der Waals surface area contributed by atoms with Gasteiger partial charge in [0.2, 0.25) is 0 Å². The number of amides is 1. The molecule has 0 saturated carbocycles. The van der Waals surface area contributed by atoms with E-state index >= 15 is 0 Å². The van der Waals surface area contributed by atoms with Crippen molar-refractivity contribution in [3.8, 4) is 17.1 Å². The Balaban J connectivity index is 1.83. The van der Waals surface area contributed by atoms with Gasteiger partial charge in [0, 0.05) is 22.3 Å². The summed E-state index contributed by atoms with van der Waals surface area (Å²) < 4.78 is 18.2. The molecule has 0 aliphatic heterocycles. The molecular weight excluding hydrogens is 335 g/mol. The van der Waals surface area contributed by atoms with E-state index in [0.717, 1.165) is 11.6 Å². The van der Waals surface area contributed by atoms with Gasteiger partial charge in [-0.25, -0.2) is 4.39 Å². The fourth-order valence-electron chi connectivity index (χ4n) is 2.11. The number of anilines is 1. The number of phenols is 1. The van der Waals surface area contributed by atoms with Crippen molar-refractivity contribution in [1.29, 1.82) is 0 Å². The van der Waals surface area contributed by atoms with Crippen LogP contribution < -0.4 is 5.32 Å². The van der Waals surface area contributed by atoms with E-state index in [2.05, 4.69) is 10.5 Å². The molecule has 0 fully saturated rings. The number of phenolic OH excluding ortho intramolecular Hbond substituents is 1.